The molecule has 0 saturated heterocycles. The first kappa shape index (κ1) is 7.29. The minimum Gasteiger partial charge on any atom is -0.392 e. The molecule has 3 rings (SSSR count). The molecule has 0 unspecified atom stereocenters. The summed E-state index contributed by atoms with van der Waals surface area (Å²) in [4.78, 5) is 11.4. The summed E-state index contributed by atoms with van der Waals surface area (Å²) in [5, 5.41) is 9.61. The third-order valence-electron chi connectivity index (χ3n) is 3.48. The predicted molar refractivity (Wildman–Crippen MR) is 41.1 cm³/mol. The van der Waals surface area contributed by atoms with E-state index in [2.05, 4.69) is 0 Å². The Bertz CT molecular complexity index is 200. The van der Waals surface area contributed by atoms with Gasteiger partial charge in [0.1, 0.15) is 5.78 Å². The number of hydrogen-bond donors (Lipinski definition) is 1. The number of aliphatic hydroxyl groups excluding tert-OH is 1. The van der Waals surface area contributed by atoms with E-state index in [1.165, 1.54) is 0 Å². The second-order valence-electron chi connectivity index (χ2n) is 4.20. The molecule has 2 nitrogen and oxygen atoms in total. The molecule has 3 atom stereocenters. The number of carbonyl (C=O) groups excluding carboxylic acids is 1. The Morgan fingerprint density at radius 2 is 2.36 bits per heavy atom. The van der Waals surface area contributed by atoms with Crippen LogP contribution < -0.4 is 0 Å². The number of rotatable bonds is 0. The maximum atomic E-state index is 11.4. The van der Waals surface area contributed by atoms with E-state index in [1.54, 1.807) is 0 Å². The van der Waals surface area contributed by atoms with E-state index in [9.17, 15) is 9.90 Å². The summed E-state index contributed by atoms with van der Waals surface area (Å²) in [6.07, 6.45) is 3.25. The lowest BCUT2D eigenvalue weighted by atomic mass is 9.59. The number of carbonyl (C=O) groups is 1. The van der Waals surface area contributed by atoms with Crippen LogP contribution in [0.5, 0.6) is 0 Å². The molecule has 0 amide bonds. The van der Waals surface area contributed by atoms with Gasteiger partial charge >= 0.3 is 0 Å². The first-order chi connectivity index (χ1) is 5.13. The van der Waals surface area contributed by atoms with Crippen molar-refractivity contribution in [2.75, 3.05) is 0 Å². The highest BCUT2D eigenvalue weighted by Crippen LogP contribution is 2.47. The zero-order valence-corrected chi connectivity index (χ0v) is 6.84. The van der Waals surface area contributed by atoms with E-state index < -0.39 is 0 Å². The Morgan fingerprint density at radius 3 is 2.82 bits per heavy atom. The fourth-order valence-corrected chi connectivity index (χ4v) is 2.37. The van der Waals surface area contributed by atoms with Crippen LogP contribution in [-0.2, 0) is 4.79 Å². The lowest BCUT2D eigenvalue weighted by Crippen LogP contribution is -2.50. The van der Waals surface area contributed by atoms with Gasteiger partial charge < -0.3 is 5.11 Å². The zero-order chi connectivity index (χ0) is 8.06. The molecule has 62 valence electrons. The molecule has 11 heavy (non-hydrogen) atoms. The Balaban J connectivity index is 2.30. The van der Waals surface area contributed by atoms with Crippen LogP contribution in [0.4, 0.5) is 0 Å². The summed E-state index contributed by atoms with van der Waals surface area (Å²) < 4.78 is 0. The molecule has 0 aliphatic heterocycles. The Hall–Kier alpha value is -0.370. The summed E-state index contributed by atoms with van der Waals surface area (Å²) >= 11 is 0. The molecule has 1 N–H and O–H groups in total. The van der Waals surface area contributed by atoms with E-state index in [1.807, 2.05) is 6.92 Å². The third-order valence-corrected chi connectivity index (χ3v) is 3.48. The number of aliphatic hydroxyl groups is 1. The third kappa shape index (κ3) is 0.853. The highest BCUT2D eigenvalue weighted by Gasteiger charge is 2.49. The standard InChI is InChI=1S/C9H14O2/c1-9-3-2-6(4-7(9)10)5-8(9)11/h6-7,10H,2-5H2,1H3/t6-,7+,9+/m1/s1. The van der Waals surface area contributed by atoms with Crippen LogP contribution >= 0.6 is 0 Å². The Labute approximate surface area is 66.6 Å². The average Bonchev–Trinajstić information content (AvgIpc) is 1.94. The van der Waals surface area contributed by atoms with Crippen molar-refractivity contribution >= 4 is 5.78 Å². The molecule has 0 aromatic heterocycles. The van der Waals surface area contributed by atoms with Gasteiger partial charge in [0, 0.05) is 6.42 Å². The van der Waals surface area contributed by atoms with E-state index in [4.69, 9.17) is 0 Å². The van der Waals surface area contributed by atoms with Crippen molar-refractivity contribution < 1.29 is 9.90 Å². The molecule has 3 aliphatic rings. The molecule has 0 heterocycles. The Kier molecular flexibility index (Phi) is 1.37. The topological polar surface area (TPSA) is 37.3 Å². The fraction of sp³-hybridized carbons (Fsp3) is 0.889. The smallest absolute Gasteiger partial charge is 0.141 e. The van der Waals surface area contributed by atoms with Gasteiger partial charge in [0.2, 0.25) is 0 Å². The van der Waals surface area contributed by atoms with Gasteiger partial charge in [0.15, 0.2) is 0 Å². The van der Waals surface area contributed by atoms with Crippen molar-refractivity contribution in [3.63, 3.8) is 0 Å². The van der Waals surface area contributed by atoms with Crippen molar-refractivity contribution in [3.05, 3.63) is 0 Å². The average molecular weight is 154 g/mol. The predicted octanol–water partition coefficient (Wildman–Crippen LogP) is 1.13. The van der Waals surface area contributed by atoms with Gasteiger partial charge in [-0.1, -0.05) is 6.92 Å². The highest BCUT2D eigenvalue weighted by atomic mass is 16.3. The van der Waals surface area contributed by atoms with Crippen LogP contribution in [0.3, 0.4) is 0 Å². The molecule has 0 aromatic carbocycles. The van der Waals surface area contributed by atoms with Crippen LogP contribution in [0.1, 0.15) is 32.6 Å². The van der Waals surface area contributed by atoms with Gasteiger partial charge in [-0.2, -0.15) is 0 Å². The van der Waals surface area contributed by atoms with Crippen LogP contribution in [0.15, 0.2) is 0 Å². The van der Waals surface area contributed by atoms with Crippen molar-refractivity contribution in [2.24, 2.45) is 11.3 Å². The van der Waals surface area contributed by atoms with Crippen molar-refractivity contribution in [3.8, 4) is 0 Å². The summed E-state index contributed by atoms with van der Waals surface area (Å²) in [5.41, 5.74) is -0.380. The second-order valence-corrected chi connectivity index (χ2v) is 4.20. The lowest BCUT2D eigenvalue weighted by molar-refractivity contribution is -0.149. The molecule has 0 spiro atoms. The minimum atomic E-state index is -0.380. The van der Waals surface area contributed by atoms with Crippen molar-refractivity contribution in [1.82, 2.24) is 0 Å². The van der Waals surface area contributed by atoms with Crippen molar-refractivity contribution in [2.45, 2.75) is 38.7 Å². The van der Waals surface area contributed by atoms with E-state index >= 15 is 0 Å². The largest absolute Gasteiger partial charge is 0.392 e. The van der Waals surface area contributed by atoms with E-state index in [-0.39, 0.29) is 17.3 Å². The number of hydrogen-bond acceptors (Lipinski definition) is 2. The van der Waals surface area contributed by atoms with Gasteiger partial charge in [-0.05, 0) is 25.2 Å². The molecule has 3 saturated carbocycles. The molecule has 0 radical (unpaired) electrons. The minimum absolute atomic E-state index is 0.285. The summed E-state index contributed by atoms with van der Waals surface area (Å²) in [7, 11) is 0. The van der Waals surface area contributed by atoms with Gasteiger partial charge in [-0.25, -0.2) is 0 Å². The molecule has 3 aliphatic carbocycles. The summed E-state index contributed by atoms with van der Waals surface area (Å²) in [6, 6.07) is 0. The van der Waals surface area contributed by atoms with Gasteiger partial charge in [0.25, 0.3) is 0 Å². The van der Waals surface area contributed by atoms with Crippen LogP contribution in [0, 0.1) is 11.3 Å². The van der Waals surface area contributed by atoms with Crippen molar-refractivity contribution in [1.29, 1.82) is 0 Å². The van der Waals surface area contributed by atoms with Gasteiger partial charge in [-0.15, -0.1) is 0 Å². The first-order valence-corrected chi connectivity index (χ1v) is 4.34. The fourth-order valence-electron chi connectivity index (χ4n) is 2.37. The molecular formula is C9H14O2. The SMILES string of the molecule is C[C@@]12CC[C@@H](CC1=O)C[C@@H]2O. The number of fused-ring (bicyclic) bond motifs is 3. The number of ketones is 1. The van der Waals surface area contributed by atoms with Crippen LogP contribution in [0.2, 0.25) is 0 Å². The Morgan fingerprint density at radius 1 is 1.64 bits per heavy atom. The monoisotopic (exact) mass is 154 g/mol. The molecule has 2 heteroatoms. The quantitative estimate of drug-likeness (QED) is 0.568. The van der Waals surface area contributed by atoms with Crippen LogP contribution in [0.25, 0.3) is 0 Å². The lowest BCUT2D eigenvalue weighted by Gasteiger charge is -2.46. The maximum Gasteiger partial charge on any atom is 0.141 e. The molecule has 3 fully saturated rings. The first-order valence-electron chi connectivity index (χ1n) is 4.34. The van der Waals surface area contributed by atoms with Crippen LogP contribution in [-0.4, -0.2) is 17.0 Å². The van der Waals surface area contributed by atoms with E-state index in [0.717, 1.165) is 19.3 Å². The summed E-state index contributed by atoms with van der Waals surface area (Å²) in [5.74, 6) is 0.770. The second kappa shape index (κ2) is 2.07. The maximum absolute atomic E-state index is 11.4. The highest BCUT2D eigenvalue weighted by molar-refractivity contribution is 5.86. The molecule has 0 aromatic rings. The van der Waals surface area contributed by atoms with E-state index in [0.29, 0.717) is 12.3 Å². The zero-order valence-electron chi connectivity index (χ0n) is 6.84. The molecular weight excluding hydrogens is 140 g/mol. The van der Waals surface area contributed by atoms with Gasteiger partial charge in [-0.3, -0.25) is 4.79 Å². The van der Waals surface area contributed by atoms with Gasteiger partial charge in [0.05, 0.1) is 11.5 Å². The summed E-state index contributed by atoms with van der Waals surface area (Å²) in [6.45, 7) is 1.91. The number of Topliss-reactive ketones (excluding diaryl/α,β-unsaturated/α-hetero) is 1. The molecule has 2 bridgehead atoms. The normalized spacial score (nSPS) is 49.8.